The molecule has 2 N–H and O–H groups in total. The number of aliphatic hydroxyl groups is 1. The van der Waals surface area contributed by atoms with Crippen LogP contribution in [-0.2, 0) is 11.2 Å². The maximum atomic E-state index is 12.3. The number of rotatable bonds is 6. The molecular weight excluding hydrogens is 346 g/mol. The highest BCUT2D eigenvalue weighted by molar-refractivity contribution is 5.88. The fourth-order valence-corrected chi connectivity index (χ4v) is 3.86. The van der Waals surface area contributed by atoms with Gasteiger partial charge in [-0.2, -0.15) is 0 Å². The summed E-state index contributed by atoms with van der Waals surface area (Å²) in [5.41, 5.74) is 1.83. The number of nitrogens with one attached hydrogen (secondary N) is 1. The van der Waals surface area contributed by atoms with E-state index in [-0.39, 0.29) is 36.7 Å². The first-order chi connectivity index (χ1) is 13.0. The van der Waals surface area contributed by atoms with Gasteiger partial charge in [0.05, 0.1) is 5.39 Å². The Hall–Kier alpha value is -2.34. The number of aryl methyl sites for hydroxylation is 2. The third-order valence-electron chi connectivity index (χ3n) is 5.18. The molecule has 1 aromatic carbocycles. The molecule has 1 fully saturated rings. The largest absolute Gasteiger partial charge is 0.483 e. The van der Waals surface area contributed by atoms with Crippen molar-refractivity contribution in [3.63, 3.8) is 0 Å². The summed E-state index contributed by atoms with van der Waals surface area (Å²) in [5.74, 6) is 0.641. The molecule has 1 saturated carbocycles. The van der Waals surface area contributed by atoms with Gasteiger partial charge in [-0.1, -0.05) is 13.3 Å². The summed E-state index contributed by atoms with van der Waals surface area (Å²) in [5, 5.41) is 13.1. The molecule has 1 aliphatic carbocycles. The summed E-state index contributed by atoms with van der Waals surface area (Å²) in [6, 6.07) is 5.23. The van der Waals surface area contributed by atoms with E-state index in [1.807, 2.05) is 19.9 Å². The van der Waals surface area contributed by atoms with E-state index < -0.39 is 0 Å². The third-order valence-corrected chi connectivity index (χ3v) is 5.18. The fourth-order valence-electron chi connectivity index (χ4n) is 3.86. The van der Waals surface area contributed by atoms with Crippen molar-refractivity contribution in [1.82, 2.24) is 5.32 Å². The van der Waals surface area contributed by atoms with E-state index >= 15 is 0 Å². The number of amides is 1. The molecule has 1 heterocycles. The molecule has 0 radical (unpaired) electrons. The Balaban J connectivity index is 1.73. The predicted molar refractivity (Wildman–Crippen MR) is 103 cm³/mol. The van der Waals surface area contributed by atoms with Crippen LogP contribution in [0.4, 0.5) is 0 Å². The fraction of sp³-hybridized carbons (Fsp3) is 0.524. The number of ether oxygens (including phenoxy) is 1. The van der Waals surface area contributed by atoms with E-state index in [0.717, 1.165) is 42.2 Å². The zero-order valence-corrected chi connectivity index (χ0v) is 15.9. The number of aliphatic hydroxyl groups excluding tert-OH is 1. The van der Waals surface area contributed by atoms with Gasteiger partial charge in [0.2, 0.25) is 0 Å². The number of carbonyl (C=O) groups excluding carboxylic acids is 1. The highest BCUT2D eigenvalue weighted by atomic mass is 16.5. The Morgan fingerprint density at radius 3 is 2.89 bits per heavy atom. The molecular formula is C21H27NO5. The molecule has 6 nitrogen and oxygen atoms in total. The Labute approximate surface area is 158 Å². The predicted octanol–water partition coefficient (Wildman–Crippen LogP) is 2.71. The van der Waals surface area contributed by atoms with Crippen LogP contribution in [0.15, 0.2) is 27.4 Å². The van der Waals surface area contributed by atoms with Crippen LogP contribution in [0.1, 0.15) is 43.7 Å². The van der Waals surface area contributed by atoms with Crippen LogP contribution in [0.3, 0.4) is 0 Å². The highest BCUT2D eigenvalue weighted by Gasteiger charge is 2.23. The van der Waals surface area contributed by atoms with Gasteiger partial charge in [-0.25, -0.2) is 4.79 Å². The van der Waals surface area contributed by atoms with Gasteiger partial charge in [0.25, 0.3) is 5.91 Å². The second kappa shape index (κ2) is 8.57. The normalized spacial score (nSPS) is 19.8. The third kappa shape index (κ3) is 4.69. The van der Waals surface area contributed by atoms with Gasteiger partial charge >= 0.3 is 5.63 Å². The van der Waals surface area contributed by atoms with E-state index in [2.05, 4.69) is 5.32 Å². The summed E-state index contributed by atoms with van der Waals surface area (Å²) in [6.07, 6.45) is 4.43. The van der Waals surface area contributed by atoms with Crippen molar-refractivity contribution in [3.8, 4) is 5.75 Å². The molecule has 1 amide bonds. The summed E-state index contributed by atoms with van der Waals surface area (Å²) in [4.78, 5) is 24.1. The van der Waals surface area contributed by atoms with Gasteiger partial charge in [0, 0.05) is 18.7 Å². The van der Waals surface area contributed by atoms with E-state index in [9.17, 15) is 14.7 Å². The van der Waals surface area contributed by atoms with Gasteiger partial charge in [0.1, 0.15) is 11.3 Å². The molecule has 6 heteroatoms. The molecule has 27 heavy (non-hydrogen) atoms. The maximum absolute atomic E-state index is 12.3. The average molecular weight is 373 g/mol. The van der Waals surface area contributed by atoms with Crippen LogP contribution < -0.4 is 15.7 Å². The quantitative estimate of drug-likeness (QED) is 0.760. The van der Waals surface area contributed by atoms with Crippen LogP contribution in [0.5, 0.6) is 5.75 Å². The van der Waals surface area contributed by atoms with E-state index in [0.29, 0.717) is 17.8 Å². The summed E-state index contributed by atoms with van der Waals surface area (Å²) >= 11 is 0. The van der Waals surface area contributed by atoms with Crippen LogP contribution >= 0.6 is 0 Å². The second-order valence-electron chi connectivity index (χ2n) is 7.35. The number of carbonyl (C=O) groups is 1. The second-order valence-corrected chi connectivity index (χ2v) is 7.35. The zero-order valence-electron chi connectivity index (χ0n) is 15.9. The maximum Gasteiger partial charge on any atom is 0.336 e. The highest BCUT2D eigenvalue weighted by Crippen LogP contribution is 2.30. The molecule has 146 valence electrons. The molecule has 1 aromatic heterocycles. The van der Waals surface area contributed by atoms with Crippen LogP contribution in [-0.4, -0.2) is 30.3 Å². The smallest absolute Gasteiger partial charge is 0.336 e. The van der Waals surface area contributed by atoms with E-state index in [4.69, 9.17) is 9.15 Å². The van der Waals surface area contributed by atoms with Crippen molar-refractivity contribution in [2.24, 2.45) is 5.92 Å². The Bertz CT molecular complexity index is 873. The molecule has 0 spiro atoms. The monoisotopic (exact) mass is 373 g/mol. The lowest BCUT2D eigenvalue weighted by Gasteiger charge is -2.28. The van der Waals surface area contributed by atoms with Gasteiger partial charge in [-0.15, -0.1) is 0 Å². The van der Waals surface area contributed by atoms with E-state index in [1.165, 1.54) is 6.07 Å². The van der Waals surface area contributed by atoms with Gasteiger partial charge in [-0.05, 0) is 61.8 Å². The lowest BCUT2D eigenvalue weighted by atomic mass is 9.86. The SMILES string of the molecule is CCc1cc(=O)oc2cc(C)cc(OCC(=O)N[C@@H]3CCC[C@@H](CO)C3)c12. The molecule has 1 aliphatic rings. The molecule has 0 saturated heterocycles. The first-order valence-electron chi connectivity index (χ1n) is 9.60. The molecule has 0 unspecified atom stereocenters. The summed E-state index contributed by atoms with van der Waals surface area (Å²) < 4.78 is 11.1. The molecule has 2 aromatic rings. The molecule has 0 bridgehead atoms. The number of fused-ring (bicyclic) bond motifs is 1. The van der Waals surface area contributed by atoms with Crippen molar-refractivity contribution in [3.05, 3.63) is 39.7 Å². The Morgan fingerprint density at radius 2 is 2.15 bits per heavy atom. The lowest BCUT2D eigenvalue weighted by Crippen LogP contribution is -2.41. The Kier molecular flexibility index (Phi) is 6.16. The van der Waals surface area contributed by atoms with Gasteiger partial charge < -0.3 is 19.6 Å². The first kappa shape index (κ1) is 19.4. The summed E-state index contributed by atoms with van der Waals surface area (Å²) in [6.45, 7) is 3.93. The van der Waals surface area contributed by atoms with Crippen molar-refractivity contribution in [2.75, 3.05) is 13.2 Å². The number of benzene rings is 1. The van der Waals surface area contributed by atoms with Crippen LogP contribution in [0, 0.1) is 12.8 Å². The van der Waals surface area contributed by atoms with E-state index in [1.54, 1.807) is 6.07 Å². The molecule has 2 atom stereocenters. The Morgan fingerprint density at radius 1 is 1.33 bits per heavy atom. The van der Waals surface area contributed by atoms with Crippen LogP contribution in [0.25, 0.3) is 11.0 Å². The van der Waals surface area contributed by atoms with Crippen molar-refractivity contribution < 1.29 is 19.1 Å². The minimum absolute atomic E-state index is 0.0884. The van der Waals surface area contributed by atoms with Crippen molar-refractivity contribution >= 4 is 16.9 Å². The summed E-state index contributed by atoms with van der Waals surface area (Å²) in [7, 11) is 0. The zero-order chi connectivity index (χ0) is 19.4. The molecule has 0 aliphatic heterocycles. The van der Waals surface area contributed by atoms with Crippen LogP contribution in [0.2, 0.25) is 0 Å². The van der Waals surface area contributed by atoms with Gasteiger partial charge in [0.15, 0.2) is 6.61 Å². The first-order valence-corrected chi connectivity index (χ1v) is 9.60. The lowest BCUT2D eigenvalue weighted by molar-refractivity contribution is -0.124. The minimum atomic E-state index is -0.385. The number of hydrogen-bond acceptors (Lipinski definition) is 5. The topological polar surface area (TPSA) is 88.8 Å². The van der Waals surface area contributed by atoms with Crippen molar-refractivity contribution in [2.45, 2.75) is 52.0 Å². The average Bonchev–Trinajstić information content (AvgIpc) is 2.65. The molecule has 3 rings (SSSR count). The number of hydrogen-bond donors (Lipinski definition) is 2. The standard InChI is InChI=1S/C21H27NO5/c1-3-15-10-20(25)27-18-8-13(2)7-17(21(15)18)26-12-19(24)22-16-6-4-5-14(9-16)11-23/h7-8,10,14,16,23H,3-6,9,11-12H2,1-2H3,(H,22,24)/t14-,16-/m1/s1. The van der Waals surface area contributed by atoms with Crippen molar-refractivity contribution in [1.29, 1.82) is 0 Å². The van der Waals surface area contributed by atoms with Gasteiger partial charge in [-0.3, -0.25) is 4.79 Å². The minimum Gasteiger partial charge on any atom is -0.483 e.